The van der Waals surface area contributed by atoms with Gasteiger partial charge in [-0.15, -0.1) is 0 Å². The zero-order valence-electron chi connectivity index (χ0n) is 11.2. The van der Waals surface area contributed by atoms with Crippen LogP contribution in [0.5, 0.6) is 5.75 Å². The summed E-state index contributed by atoms with van der Waals surface area (Å²) in [7, 11) is 1.76. The molecule has 7 nitrogen and oxygen atoms in total. The van der Waals surface area contributed by atoms with E-state index in [1.807, 2.05) is 0 Å². The van der Waals surface area contributed by atoms with Gasteiger partial charge in [-0.3, -0.25) is 14.9 Å². The molecule has 1 amide bonds. The quantitative estimate of drug-likeness (QED) is 0.573. The second-order valence-electron chi connectivity index (χ2n) is 4.72. The van der Waals surface area contributed by atoms with E-state index in [-0.39, 0.29) is 30.0 Å². The Bertz CT molecular complexity index is 514. The average molecular weight is 279 g/mol. The zero-order chi connectivity index (χ0) is 14.5. The molecular weight excluding hydrogens is 262 g/mol. The molecular formula is C13H17N3O4. The summed E-state index contributed by atoms with van der Waals surface area (Å²) in [4.78, 5) is 22.0. The third-order valence-corrected chi connectivity index (χ3v) is 2.90. The molecule has 1 fully saturated rings. The molecule has 0 saturated heterocycles. The predicted octanol–water partition coefficient (Wildman–Crippen LogP) is 0.972. The van der Waals surface area contributed by atoms with Gasteiger partial charge >= 0.3 is 5.69 Å². The maximum absolute atomic E-state index is 11.5. The lowest BCUT2D eigenvalue weighted by Crippen LogP contribution is -2.30. The van der Waals surface area contributed by atoms with Gasteiger partial charge in [0.1, 0.15) is 0 Å². The third-order valence-electron chi connectivity index (χ3n) is 2.90. The number of nitro benzene ring substituents is 1. The fraction of sp³-hybridized carbons (Fsp3) is 0.462. The minimum atomic E-state index is -0.507. The Labute approximate surface area is 116 Å². The number of carbonyl (C=O) groups is 1. The molecule has 0 unspecified atom stereocenters. The fourth-order valence-corrected chi connectivity index (χ4v) is 1.78. The zero-order valence-corrected chi connectivity index (χ0v) is 11.2. The van der Waals surface area contributed by atoms with Gasteiger partial charge in [-0.05, 0) is 31.5 Å². The largest absolute Gasteiger partial charge is 0.477 e. The second-order valence-corrected chi connectivity index (χ2v) is 4.72. The van der Waals surface area contributed by atoms with Crippen molar-refractivity contribution in [3.63, 3.8) is 0 Å². The molecule has 1 aliphatic carbocycles. The van der Waals surface area contributed by atoms with E-state index in [1.165, 1.54) is 12.1 Å². The van der Waals surface area contributed by atoms with Gasteiger partial charge in [0.15, 0.2) is 12.4 Å². The highest BCUT2D eigenvalue weighted by Crippen LogP contribution is 2.28. The molecule has 0 spiro atoms. The van der Waals surface area contributed by atoms with Crippen LogP contribution in [-0.4, -0.2) is 30.5 Å². The van der Waals surface area contributed by atoms with Crippen LogP contribution < -0.4 is 15.4 Å². The van der Waals surface area contributed by atoms with Gasteiger partial charge in [-0.1, -0.05) is 6.07 Å². The average Bonchev–Trinajstić information content (AvgIpc) is 3.21. The van der Waals surface area contributed by atoms with Crippen LogP contribution in [0.4, 0.5) is 5.69 Å². The van der Waals surface area contributed by atoms with Crippen LogP contribution in [0.25, 0.3) is 0 Å². The number of nitro groups is 1. The van der Waals surface area contributed by atoms with Crippen molar-refractivity contribution in [2.75, 3.05) is 13.7 Å². The van der Waals surface area contributed by atoms with E-state index in [1.54, 1.807) is 13.1 Å². The maximum Gasteiger partial charge on any atom is 0.311 e. The number of hydrogen-bond acceptors (Lipinski definition) is 5. The Hall–Kier alpha value is -2.15. The molecule has 0 atom stereocenters. The van der Waals surface area contributed by atoms with Crippen LogP contribution in [0.3, 0.4) is 0 Å². The first kappa shape index (κ1) is 14.3. The van der Waals surface area contributed by atoms with E-state index in [0.29, 0.717) is 6.54 Å². The second kappa shape index (κ2) is 6.33. The van der Waals surface area contributed by atoms with Gasteiger partial charge in [0.2, 0.25) is 0 Å². The van der Waals surface area contributed by atoms with Crippen molar-refractivity contribution in [3.8, 4) is 5.75 Å². The van der Waals surface area contributed by atoms with E-state index in [9.17, 15) is 14.9 Å². The van der Waals surface area contributed by atoms with Gasteiger partial charge in [0.05, 0.1) is 4.92 Å². The number of carbonyl (C=O) groups excluding carboxylic acids is 1. The van der Waals surface area contributed by atoms with Crippen LogP contribution in [0, 0.1) is 10.1 Å². The highest BCUT2D eigenvalue weighted by atomic mass is 16.6. The van der Waals surface area contributed by atoms with Crippen molar-refractivity contribution >= 4 is 11.6 Å². The van der Waals surface area contributed by atoms with E-state index < -0.39 is 4.92 Å². The summed E-state index contributed by atoms with van der Waals surface area (Å²) in [5.74, 6) is -0.137. The van der Waals surface area contributed by atoms with E-state index in [0.717, 1.165) is 18.4 Å². The first-order valence-electron chi connectivity index (χ1n) is 6.44. The van der Waals surface area contributed by atoms with Gasteiger partial charge in [-0.2, -0.15) is 0 Å². The highest BCUT2D eigenvalue weighted by Gasteiger charge is 2.24. The van der Waals surface area contributed by atoms with Crippen molar-refractivity contribution in [1.82, 2.24) is 10.6 Å². The number of ether oxygens (including phenoxy) is 1. The Kier molecular flexibility index (Phi) is 4.52. The molecule has 20 heavy (non-hydrogen) atoms. The summed E-state index contributed by atoms with van der Waals surface area (Å²) in [5.41, 5.74) is 0.658. The van der Waals surface area contributed by atoms with Crippen LogP contribution >= 0.6 is 0 Å². The smallest absolute Gasteiger partial charge is 0.311 e. The van der Waals surface area contributed by atoms with Crippen molar-refractivity contribution in [3.05, 3.63) is 33.9 Å². The maximum atomic E-state index is 11.5. The normalized spacial score (nSPS) is 13.8. The van der Waals surface area contributed by atoms with Crippen molar-refractivity contribution < 1.29 is 14.5 Å². The Morgan fingerprint density at radius 1 is 1.50 bits per heavy atom. The van der Waals surface area contributed by atoms with Crippen LogP contribution in [-0.2, 0) is 11.3 Å². The molecule has 1 aliphatic rings. The van der Waals surface area contributed by atoms with Crippen LogP contribution in [0.15, 0.2) is 18.2 Å². The number of benzene rings is 1. The minimum absolute atomic E-state index is 0.112. The van der Waals surface area contributed by atoms with E-state index in [4.69, 9.17) is 4.74 Å². The highest BCUT2D eigenvalue weighted by molar-refractivity contribution is 5.78. The molecule has 0 heterocycles. The Morgan fingerprint density at radius 3 is 2.85 bits per heavy atom. The molecule has 0 aliphatic heterocycles. The van der Waals surface area contributed by atoms with Gasteiger partial charge in [0.25, 0.3) is 5.91 Å². The number of hydrogen-bond donors (Lipinski definition) is 2. The van der Waals surface area contributed by atoms with E-state index >= 15 is 0 Å². The minimum Gasteiger partial charge on any atom is -0.477 e. The molecule has 1 aromatic rings. The molecule has 0 radical (unpaired) electrons. The summed E-state index contributed by atoms with van der Waals surface area (Å²) in [6, 6.07) is 4.95. The van der Waals surface area contributed by atoms with Gasteiger partial charge in [-0.25, -0.2) is 0 Å². The van der Waals surface area contributed by atoms with Gasteiger partial charge < -0.3 is 15.4 Å². The number of nitrogens with zero attached hydrogens (tertiary/aromatic N) is 1. The molecule has 0 bridgehead atoms. The number of amides is 1. The summed E-state index contributed by atoms with van der Waals surface area (Å²) >= 11 is 0. The first-order chi connectivity index (χ1) is 9.60. The summed E-state index contributed by atoms with van der Waals surface area (Å²) in [6.45, 7) is 0.325. The number of nitrogens with one attached hydrogen (secondary N) is 2. The first-order valence-corrected chi connectivity index (χ1v) is 6.44. The fourth-order valence-electron chi connectivity index (χ4n) is 1.78. The van der Waals surface area contributed by atoms with Crippen LogP contribution in [0.1, 0.15) is 18.4 Å². The van der Waals surface area contributed by atoms with Crippen molar-refractivity contribution in [2.24, 2.45) is 0 Å². The SMILES string of the molecule is CNCc1ccc(OCC(=O)NC2CC2)c([N+](=O)[O-])c1. The molecule has 0 aromatic heterocycles. The summed E-state index contributed by atoms with van der Waals surface area (Å²) in [6.07, 6.45) is 1.98. The topological polar surface area (TPSA) is 93.5 Å². The Morgan fingerprint density at radius 2 is 2.25 bits per heavy atom. The lowest BCUT2D eigenvalue weighted by Gasteiger charge is -2.08. The lowest BCUT2D eigenvalue weighted by atomic mass is 10.2. The molecule has 1 saturated carbocycles. The molecule has 2 N–H and O–H groups in total. The molecule has 108 valence electrons. The summed E-state index contributed by atoms with van der Waals surface area (Å²) in [5, 5.41) is 16.7. The monoisotopic (exact) mass is 279 g/mol. The van der Waals surface area contributed by atoms with E-state index in [2.05, 4.69) is 10.6 Å². The molecule has 7 heteroatoms. The van der Waals surface area contributed by atoms with Gasteiger partial charge in [0, 0.05) is 18.7 Å². The standard InChI is InChI=1S/C13H17N3O4/c1-14-7-9-2-5-12(11(6-9)16(18)19)20-8-13(17)15-10-3-4-10/h2,5-6,10,14H,3-4,7-8H2,1H3,(H,15,17). The van der Waals surface area contributed by atoms with Crippen LogP contribution in [0.2, 0.25) is 0 Å². The van der Waals surface area contributed by atoms with Crippen molar-refractivity contribution in [2.45, 2.75) is 25.4 Å². The predicted molar refractivity (Wildman–Crippen MR) is 72.5 cm³/mol. The molecule has 1 aromatic carbocycles. The Balaban J connectivity index is 2.01. The summed E-state index contributed by atoms with van der Waals surface area (Å²) < 4.78 is 5.25. The third kappa shape index (κ3) is 3.92. The lowest BCUT2D eigenvalue weighted by molar-refractivity contribution is -0.385. The van der Waals surface area contributed by atoms with Crippen molar-refractivity contribution in [1.29, 1.82) is 0 Å². The number of rotatable bonds is 7. The molecule has 2 rings (SSSR count).